The Hall–Kier alpha value is -3.46. The molecule has 6 heteroatoms. The minimum Gasteiger partial charge on any atom is -0.506 e. The lowest BCUT2D eigenvalue weighted by atomic mass is 10.0. The Morgan fingerprint density at radius 2 is 2.04 bits per heavy atom. The molecule has 28 heavy (non-hydrogen) atoms. The summed E-state index contributed by atoms with van der Waals surface area (Å²) < 4.78 is 0. The van der Waals surface area contributed by atoms with Crippen molar-refractivity contribution < 1.29 is 11.3 Å². The van der Waals surface area contributed by atoms with Gasteiger partial charge in [-0.05, 0) is 61.7 Å². The van der Waals surface area contributed by atoms with Gasteiger partial charge in [0.15, 0.2) is 0 Å². The molecule has 2 aromatic carbocycles. The van der Waals surface area contributed by atoms with Crippen molar-refractivity contribution in [3.8, 4) is 17.6 Å². The zero-order valence-corrected chi connectivity index (χ0v) is 15.9. The van der Waals surface area contributed by atoms with Crippen LogP contribution in [-0.4, -0.2) is 41.4 Å². The largest absolute Gasteiger partial charge is 0.506 e. The monoisotopic (exact) mass is 378 g/mol. The van der Waals surface area contributed by atoms with Gasteiger partial charge in [0, 0.05) is 31.2 Å². The molecule has 0 aromatic heterocycles. The lowest BCUT2D eigenvalue weighted by molar-refractivity contribution is 0.0792. The third-order valence-electron chi connectivity index (χ3n) is 4.76. The molecular weight excluding hydrogens is 352 g/mol. The fourth-order valence-corrected chi connectivity index (χ4v) is 3.20. The first-order chi connectivity index (χ1) is 13.5. The number of nitrogen functional groups attached to an aromatic ring is 1. The summed E-state index contributed by atoms with van der Waals surface area (Å²) >= 11 is 0. The van der Waals surface area contributed by atoms with Crippen molar-refractivity contribution in [3.63, 3.8) is 0 Å². The van der Waals surface area contributed by atoms with Gasteiger partial charge >= 0.3 is 0 Å². The zero-order valence-electron chi connectivity index (χ0n) is 15.9. The van der Waals surface area contributed by atoms with Crippen LogP contribution < -0.4 is 11.1 Å². The molecule has 146 valence electrons. The summed E-state index contributed by atoms with van der Waals surface area (Å²) in [7, 11) is 0. The van der Waals surface area contributed by atoms with Crippen molar-refractivity contribution in [3.05, 3.63) is 58.7 Å². The molecular formula is C22H26N4O2. The SMILES string of the molecule is Cc1cc(C#CCNc2cc(C(=N)N)ccc2O)ccc1C(=O)N1CCCC1.[HH]. The van der Waals surface area contributed by atoms with Gasteiger partial charge in [-0.2, -0.15) is 0 Å². The number of hydrogen-bond donors (Lipinski definition) is 4. The van der Waals surface area contributed by atoms with Crippen LogP contribution in [0.5, 0.6) is 5.75 Å². The predicted octanol–water partition coefficient (Wildman–Crippen LogP) is 2.93. The van der Waals surface area contributed by atoms with Gasteiger partial charge in [-0.15, -0.1) is 0 Å². The van der Waals surface area contributed by atoms with Gasteiger partial charge in [-0.25, -0.2) is 0 Å². The molecule has 0 saturated carbocycles. The smallest absolute Gasteiger partial charge is 0.254 e. The minimum absolute atomic E-state index is 0. The fraction of sp³-hybridized carbons (Fsp3) is 0.273. The number of hydrogen-bond acceptors (Lipinski definition) is 4. The summed E-state index contributed by atoms with van der Waals surface area (Å²) in [6, 6.07) is 10.3. The number of nitrogens with zero attached hydrogens (tertiary/aromatic N) is 1. The number of phenols is 1. The van der Waals surface area contributed by atoms with Crippen LogP contribution in [0.25, 0.3) is 0 Å². The number of amides is 1. The molecule has 1 saturated heterocycles. The molecule has 5 N–H and O–H groups in total. The van der Waals surface area contributed by atoms with E-state index in [9.17, 15) is 9.90 Å². The highest BCUT2D eigenvalue weighted by Gasteiger charge is 2.20. The number of likely N-dealkylation sites (tertiary alicyclic amines) is 1. The van der Waals surface area contributed by atoms with Gasteiger partial charge in [0.1, 0.15) is 11.6 Å². The molecule has 1 heterocycles. The van der Waals surface area contributed by atoms with Crippen LogP contribution in [0.1, 0.15) is 41.3 Å². The average Bonchev–Trinajstić information content (AvgIpc) is 3.20. The minimum atomic E-state index is -0.0619. The average molecular weight is 378 g/mol. The van der Waals surface area contributed by atoms with Crippen molar-refractivity contribution >= 4 is 17.4 Å². The number of nitrogens with two attached hydrogens (primary N) is 1. The first-order valence-electron chi connectivity index (χ1n) is 9.26. The van der Waals surface area contributed by atoms with Crippen LogP contribution >= 0.6 is 0 Å². The van der Waals surface area contributed by atoms with E-state index >= 15 is 0 Å². The molecule has 1 aliphatic rings. The molecule has 1 fully saturated rings. The number of aromatic hydroxyl groups is 1. The van der Waals surface area contributed by atoms with E-state index in [4.69, 9.17) is 11.1 Å². The number of anilines is 1. The zero-order chi connectivity index (χ0) is 20.1. The van der Waals surface area contributed by atoms with Crippen molar-refractivity contribution in [1.29, 1.82) is 5.41 Å². The number of phenolic OH excluding ortho intramolecular Hbond substituents is 1. The summed E-state index contributed by atoms with van der Waals surface area (Å²) in [6.07, 6.45) is 2.15. The Kier molecular flexibility index (Phi) is 5.85. The molecule has 0 atom stereocenters. The van der Waals surface area contributed by atoms with Crippen molar-refractivity contribution in [2.24, 2.45) is 5.73 Å². The number of benzene rings is 2. The van der Waals surface area contributed by atoms with E-state index in [1.165, 1.54) is 6.07 Å². The van der Waals surface area contributed by atoms with Crippen molar-refractivity contribution in [1.82, 2.24) is 4.90 Å². The first-order valence-corrected chi connectivity index (χ1v) is 9.26. The van der Waals surface area contributed by atoms with Crippen LogP contribution in [0, 0.1) is 24.2 Å². The van der Waals surface area contributed by atoms with E-state index in [0.29, 0.717) is 17.8 Å². The number of nitrogens with one attached hydrogen (secondary N) is 2. The number of carbonyl (C=O) groups is 1. The second kappa shape index (κ2) is 8.49. The van der Waals surface area contributed by atoms with Crippen LogP contribution in [0.4, 0.5) is 5.69 Å². The fourth-order valence-electron chi connectivity index (χ4n) is 3.20. The summed E-state index contributed by atoms with van der Waals surface area (Å²) in [6.45, 7) is 3.92. The van der Waals surface area contributed by atoms with Gasteiger partial charge in [-0.3, -0.25) is 10.2 Å². The molecule has 0 radical (unpaired) electrons. The van der Waals surface area contributed by atoms with Crippen LogP contribution in [0.3, 0.4) is 0 Å². The Bertz CT molecular complexity index is 973. The van der Waals surface area contributed by atoms with Gasteiger partial charge in [0.2, 0.25) is 0 Å². The van der Waals surface area contributed by atoms with Crippen LogP contribution in [-0.2, 0) is 0 Å². The quantitative estimate of drug-likeness (QED) is 0.284. The molecule has 3 rings (SSSR count). The van der Waals surface area contributed by atoms with Crippen LogP contribution in [0.15, 0.2) is 36.4 Å². The third-order valence-corrected chi connectivity index (χ3v) is 4.76. The van der Waals surface area contributed by atoms with Crippen molar-refractivity contribution in [2.75, 3.05) is 25.0 Å². The molecule has 0 aliphatic carbocycles. The second-order valence-electron chi connectivity index (χ2n) is 6.83. The second-order valence-corrected chi connectivity index (χ2v) is 6.83. The van der Waals surface area contributed by atoms with E-state index in [2.05, 4.69) is 17.2 Å². The molecule has 6 nitrogen and oxygen atoms in total. The van der Waals surface area contributed by atoms with Gasteiger partial charge in [0.05, 0.1) is 12.2 Å². The van der Waals surface area contributed by atoms with Gasteiger partial charge in [-0.1, -0.05) is 11.8 Å². The van der Waals surface area contributed by atoms with E-state index in [0.717, 1.165) is 42.6 Å². The third kappa shape index (κ3) is 4.44. The maximum Gasteiger partial charge on any atom is 0.254 e. The normalized spacial score (nSPS) is 13.0. The molecule has 0 bridgehead atoms. The van der Waals surface area contributed by atoms with E-state index in [1.54, 1.807) is 12.1 Å². The predicted molar refractivity (Wildman–Crippen MR) is 113 cm³/mol. The summed E-state index contributed by atoms with van der Waals surface area (Å²) in [5.74, 6) is 6.18. The lowest BCUT2D eigenvalue weighted by Crippen LogP contribution is -2.28. The highest BCUT2D eigenvalue weighted by atomic mass is 16.3. The maximum atomic E-state index is 12.5. The number of rotatable bonds is 4. The summed E-state index contributed by atoms with van der Waals surface area (Å²) in [5, 5.41) is 20.4. The molecule has 1 aliphatic heterocycles. The summed E-state index contributed by atoms with van der Waals surface area (Å²) in [5.41, 5.74) is 8.96. The Balaban J connectivity index is 0.00000300. The lowest BCUT2D eigenvalue weighted by Gasteiger charge is -2.16. The van der Waals surface area contributed by atoms with E-state index in [-0.39, 0.29) is 18.9 Å². The first kappa shape index (κ1) is 19.3. The molecule has 0 unspecified atom stereocenters. The Morgan fingerprint density at radius 3 is 2.71 bits per heavy atom. The number of amidine groups is 1. The van der Waals surface area contributed by atoms with Gasteiger partial charge < -0.3 is 21.1 Å². The van der Waals surface area contributed by atoms with Crippen molar-refractivity contribution in [2.45, 2.75) is 19.8 Å². The maximum absolute atomic E-state index is 12.5. The highest BCUT2D eigenvalue weighted by Crippen LogP contribution is 2.23. The van der Waals surface area contributed by atoms with Crippen LogP contribution in [0.2, 0.25) is 0 Å². The topological polar surface area (TPSA) is 102 Å². The molecule has 1 amide bonds. The summed E-state index contributed by atoms with van der Waals surface area (Å²) in [4.78, 5) is 14.4. The molecule has 0 spiro atoms. The highest BCUT2D eigenvalue weighted by molar-refractivity contribution is 5.96. The van der Waals surface area contributed by atoms with E-state index in [1.807, 2.05) is 30.0 Å². The number of carbonyl (C=O) groups excluding carboxylic acids is 1. The Labute approximate surface area is 166 Å². The Morgan fingerprint density at radius 1 is 1.29 bits per heavy atom. The number of aryl methyl sites for hydroxylation is 1. The van der Waals surface area contributed by atoms with E-state index < -0.39 is 0 Å². The standard InChI is InChI=1S/C22H24N4O2.H2/c1-15-13-16(6-8-18(15)22(28)26-11-2-3-12-26)5-4-10-25-19-14-17(21(23)24)7-9-20(19)27;/h6-9,13-14,25,27H,2-3,10-12H2,1H3,(H3,23,24);1H. The molecule has 2 aromatic rings. The van der Waals surface area contributed by atoms with Gasteiger partial charge in [0.25, 0.3) is 5.91 Å².